The molecule has 1 amide bonds. The van der Waals surface area contributed by atoms with E-state index in [0.29, 0.717) is 0 Å². The first-order chi connectivity index (χ1) is 11.6. The van der Waals surface area contributed by atoms with Gasteiger partial charge in [0.2, 0.25) is 5.91 Å². The first kappa shape index (κ1) is 16.4. The molecule has 0 saturated carbocycles. The molecular formula is C19H23N3O2. The zero-order valence-corrected chi connectivity index (χ0v) is 14.2. The summed E-state index contributed by atoms with van der Waals surface area (Å²) in [4.78, 5) is 26.8. The van der Waals surface area contributed by atoms with Gasteiger partial charge < -0.3 is 4.90 Å². The molecule has 1 atom stereocenters. The first-order valence-corrected chi connectivity index (χ1v) is 8.46. The molecule has 1 unspecified atom stereocenters. The summed E-state index contributed by atoms with van der Waals surface area (Å²) in [6, 6.07) is 9.82. The molecule has 0 radical (unpaired) electrons. The lowest BCUT2D eigenvalue weighted by Gasteiger charge is -2.25. The van der Waals surface area contributed by atoms with Crippen LogP contribution in [0.4, 0.5) is 0 Å². The maximum atomic E-state index is 12.6. The second-order valence-electron chi connectivity index (χ2n) is 6.41. The molecule has 0 N–H and O–H groups in total. The molecule has 126 valence electrons. The molecule has 1 aliphatic rings. The molecule has 1 aliphatic carbocycles. The van der Waals surface area contributed by atoms with Crippen LogP contribution in [0.1, 0.15) is 42.5 Å². The van der Waals surface area contributed by atoms with Gasteiger partial charge in [0, 0.05) is 12.6 Å². The van der Waals surface area contributed by atoms with Crippen molar-refractivity contribution in [3.63, 3.8) is 0 Å². The summed E-state index contributed by atoms with van der Waals surface area (Å²) in [5, 5.41) is 4.20. The van der Waals surface area contributed by atoms with Crippen molar-refractivity contribution in [3.8, 4) is 0 Å². The van der Waals surface area contributed by atoms with E-state index in [1.165, 1.54) is 4.68 Å². The van der Waals surface area contributed by atoms with Gasteiger partial charge in [0.25, 0.3) is 5.56 Å². The van der Waals surface area contributed by atoms with Crippen molar-refractivity contribution in [2.75, 3.05) is 7.05 Å². The number of amides is 1. The fourth-order valence-electron chi connectivity index (χ4n) is 3.19. The van der Waals surface area contributed by atoms with Gasteiger partial charge in [0.15, 0.2) is 0 Å². The Morgan fingerprint density at radius 2 is 1.96 bits per heavy atom. The van der Waals surface area contributed by atoms with Gasteiger partial charge in [0.05, 0.1) is 12.2 Å². The molecule has 1 heterocycles. The van der Waals surface area contributed by atoms with Crippen LogP contribution in [0.3, 0.4) is 0 Å². The van der Waals surface area contributed by atoms with E-state index in [1.54, 1.807) is 18.1 Å². The van der Waals surface area contributed by atoms with Gasteiger partial charge in [-0.1, -0.05) is 30.3 Å². The highest BCUT2D eigenvalue weighted by Gasteiger charge is 2.20. The topological polar surface area (TPSA) is 55.2 Å². The number of fused-ring (bicyclic) bond motifs is 1. The molecule has 0 fully saturated rings. The van der Waals surface area contributed by atoms with Crippen LogP contribution in [0.25, 0.3) is 0 Å². The van der Waals surface area contributed by atoms with Crippen LogP contribution in [0.15, 0.2) is 41.3 Å². The average Bonchev–Trinajstić information content (AvgIpc) is 2.63. The number of carbonyl (C=O) groups excluding carboxylic acids is 1. The molecule has 0 saturated heterocycles. The van der Waals surface area contributed by atoms with Crippen molar-refractivity contribution >= 4 is 5.91 Å². The van der Waals surface area contributed by atoms with Gasteiger partial charge in [-0.2, -0.15) is 5.10 Å². The standard InChI is InChI=1S/C19H23N3O2/c1-14(15-8-4-3-5-9-15)21(2)18(23)13-22-19(24)17-11-7-6-10-16(17)12-20-22/h3-5,8-9,12,14H,6-7,10-11,13H2,1-2H3. The molecular weight excluding hydrogens is 302 g/mol. The Bertz CT molecular complexity index is 783. The van der Waals surface area contributed by atoms with E-state index < -0.39 is 0 Å². The lowest BCUT2D eigenvalue weighted by atomic mass is 9.94. The Labute approximate surface area is 141 Å². The fraction of sp³-hybridized carbons (Fsp3) is 0.421. The summed E-state index contributed by atoms with van der Waals surface area (Å²) < 4.78 is 1.31. The number of hydrogen-bond donors (Lipinski definition) is 0. The largest absolute Gasteiger partial charge is 0.337 e. The van der Waals surface area contributed by atoms with E-state index in [9.17, 15) is 9.59 Å². The van der Waals surface area contributed by atoms with Gasteiger partial charge in [-0.3, -0.25) is 9.59 Å². The fourth-order valence-corrected chi connectivity index (χ4v) is 3.19. The van der Waals surface area contributed by atoms with Crippen molar-refractivity contribution < 1.29 is 4.79 Å². The van der Waals surface area contributed by atoms with Gasteiger partial charge in [-0.15, -0.1) is 0 Å². The zero-order chi connectivity index (χ0) is 17.1. The minimum atomic E-state index is -0.114. The predicted molar refractivity (Wildman–Crippen MR) is 92.8 cm³/mol. The number of likely N-dealkylation sites (N-methyl/N-ethyl adjacent to an activating group) is 1. The maximum absolute atomic E-state index is 12.6. The molecule has 0 spiro atoms. The van der Waals surface area contributed by atoms with Crippen molar-refractivity contribution in [1.29, 1.82) is 0 Å². The van der Waals surface area contributed by atoms with Crippen molar-refractivity contribution in [1.82, 2.24) is 14.7 Å². The Kier molecular flexibility index (Phi) is 4.79. The van der Waals surface area contributed by atoms with Gasteiger partial charge in [0.1, 0.15) is 6.54 Å². The van der Waals surface area contributed by atoms with Crippen LogP contribution in [0.2, 0.25) is 0 Å². The average molecular weight is 325 g/mol. The molecule has 5 heteroatoms. The van der Waals surface area contributed by atoms with Gasteiger partial charge in [-0.05, 0) is 43.7 Å². The smallest absolute Gasteiger partial charge is 0.270 e. The highest BCUT2D eigenvalue weighted by atomic mass is 16.2. The molecule has 3 rings (SSSR count). The summed E-state index contributed by atoms with van der Waals surface area (Å²) in [6.45, 7) is 1.97. The number of benzene rings is 1. The lowest BCUT2D eigenvalue weighted by molar-refractivity contribution is -0.132. The predicted octanol–water partition coefficient (Wildman–Crippen LogP) is 2.34. The van der Waals surface area contributed by atoms with E-state index in [-0.39, 0.29) is 24.1 Å². The molecule has 0 aliphatic heterocycles. The Morgan fingerprint density at radius 3 is 2.71 bits per heavy atom. The van der Waals surface area contributed by atoms with Crippen LogP contribution in [-0.2, 0) is 24.2 Å². The molecule has 5 nitrogen and oxygen atoms in total. The lowest BCUT2D eigenvalue weighted by Crippen LogP contribution is -2.38. The highest BCUT2D eigenvalue weighted by molar-refractivity contribution is 5.76. The molecule has 1 aromatic heterocycles. The third-order valence-corrected chi connectivity index (χ3v) is 4.90. The second kappa shape index (κ2) is 6.99. The third-order valence-electron chi connectivity index (χ3n) is 4.90. The van der Waals surface area contributed by atoms with Crippen molar-refractivity contribution in [2.45, 2.75) is 45.2 Å². The quantitative estimate of drug-likeness (QED) is 0.867. The van der Waals surface area contributed by atoms with Gasteiger partial charge in [-0.25, -0.2) is 4.68 Å². The van der Waals surface area contributed by atoms with Crippen LogP contribution in [0.5, 0.6) is 0 Å². The Balaban J connectivity index is 1.76. The number of aryl methyl sites for hydroxylation is 1. The highest BCUT2D eigenvalue weighted by Crippen LogP contribution is 2.19. The molecule has 1 aromatic carbocycles. The normalized spacial score (nSPS) is 14.8. The van der Waals surface area contributed by atoms with Crippen LogP contribution < -0.4 is 5.56 Å². The molecule has 2 aromatic rings. The Morgan fingerprint density at radius 1 is 1.25 bits per heavy atom. The minimum absolute atomic E-state index is 0.0141. The minimum Gasteiger partial charge on any atom is -0.337 e. The second-order valence-corrected chi connectivity index (χ2v) is 6.41. The first-order valence-electron chi connectivity index (χ1n) is 8.46. The summed E-state index contributed by atoms with van der Waals surface area (Å²) in [6.07, 6.45) is 5.60. The number of hydrogen-bond acceptors (Lipinski definition) is 3. The summed E-state index contributed by atoms with van der Waals surface area (Å²) in [7, 11) is 1.77. The van der Waals surface area contributed by atoms with Crippen LogP contribution >= 0.6 is 0 Å². The van der Waals surface area contributed by atoms with E-state index in [4.69, 9.17) is 0 Å². The summed E-state index contributed by atoms with van der Waals surface area (Å²) >= 11 is 0. The molecule has 0 bridgehead atoms. The maximum Gasteiger partial charge on any atom is 0.270 e. The van der Waals surface area contributed by atoms with E-state index in [2.05, 4.69) is 5.10 Å². The van der Waals surface area contributed by atoms with Crippen LogP contribution in [0, 0.1) is 0 Å². The molecule has 24 heavy (non-hydrogen) atoms. The summed E-state index contributed by atoms with van der Waals surface area (Å²) in [5.74, 6) is -0.114. The monoisotopic (exact) mass is 325 g/mol. The number of aromatic nitrogens is 2. The number of carbonyl (C=O) groups is 1. The number of nitrogens with zero attached hydrogens (tertiary/aromatic N) is 3. The summed E-state index contributed by atoms with van der Waals surface area (Å²) in [5.41, 5.74) is 2.84. The van der Waals surface area contributed by atoms with Gasteiger partial charge >= 0.3 is 0 Å². The SMILES string of the molecule is CC(c1ccccc1)N(C)C(=O)Cn1ncc2c(c1=O)CCCC2. The van der Waals surface area contributed by atoms with E-state index in [1.807, 2.05) is 37.3 Å². The van der Waals surface area contributed by atoms with Crippen molar-refractivity contribution in [3.05, 3.63) is 63.6 Å². The Hall–Kier alpha value is -2.43. The third kappa shape index (κ3) is 3.25. The van der Waals surface area contributed by atoms with Crippen LogP contribution in [-0.4, -0.2) is 27.6 Å². The number of rotatable bonds is 4. The zero-order valence-electron chi connectivity index (χ0n) is 14.2. The van der Waals surface area contributed by atoms with E-state index >= 15 is 0 Å². The van der Waals surface area contributed by atoms with E-state index in [0.717, 1.165) is 42.4 Å². The van der Waals surface area contributed by atoms with Crippen molar-refractivity contribution in [2.24, 2.45) is 0 Å².